The molecule has 1 amide bonds. The molecule has 1 heterocycles. The highest BCUT2D eigenvalue weighted by molar-refractivity contribution is 5.91. The van der Waals surface area contributed by atoms with E-state index in [1.165, 1.54) is 0 Å². The Hall–Kier alpha value is -4.21. The normalized spacial score (nSPS) is 16.0. The van der Waals surface area contributed by atoms with Crippen LogP contribution >= 0.6 is 0 Å². The Balaban J connectivity index is 1.60. The van der Waals surface area contributed by atoms with Gasteiger partial charge in [-0.1, -0.05) is 68.4 Å². The van der Waals surface area contributed by atoms with Crippen LogP contribution in [-0.4, -0.2) is 47.7 Å². The first-order valence-electron chi connectivity index (χ1n) is 14.4. The van der Waals surface area contributed by atoms with Crippen molar-refractivity contribution < 1.29 is 33.7 Å². The van der Waals surface area contributed by atoms with Gasteiger partial charge in [-0.15, -0.1) is 0 Å². The zero-order chi connectivity index (χ0) is 29.9. The number of amides is 1. The molecule has 42 heavy (non-hydrogen) atoms. The fourth-order valence-electron chi connectivity index (χ4n) is 4.71. The van der Waals surface area contributed by atoms with E-state index in [0.29, 0.717) is 36.0 Å². The molecule has 4 rings (SSSR count). The molecule has 222 valence electrons. The first-order chi connectivity index (χ1) is 20.4. The highest BCUT2D eigenvalue weighted by Gasteiger charge is 2.30. The lowest BCUT2D eigenvalue weighted by Gasteiger charge is -2.23. The van der Waals surface area contributed by atoms with Gasteiger partial charge in [0.25, 0.3) is 0 Å². The monoisotopic (exact) mass is 574 g/mol. The van der Waals surface area contributed by atoms with Crippen LogP contribution in [0.1, 0.15) is 67.3 Å². The summed E-state index contributed by atoms with van der Waals surface area (Å²) in [5.41, 5.74) is 1.46. The number of aliphatic hydroxyl groups excluding tert-OH is 1. The summed E-state index contributed by atoms with van der Waals surface area (Å²) in [5, 5.41) is 16.8. The number of rotatable bonds is 13. The number of benzene rings is 3. The Morgan fingerprint density at radius 2 is 1.64 bits per heavy atom. The van der Waals surface area contributed by atoms with Crippen LogP contribution in [0.4, 0.5) is 0 Å². The summed E-state index contributed by atoms with van der Waals surface area (Å²) >= 11 is 0. The highest BCUT2D eigenvalue weighted by atomic mass is 16.6. The predicted molar refractivity (Wildman–Crippen MR) is 157 cm³/mol. The molecule has 1 aliphatic rings. The lowest BCUT2D eigenvalue weighted by atomic mass is 10.0. The molecule has 0 aromatic heterocycles. The fraction of sp³-hybridized carbons (Fsp3) is 0.364. The average molecular weight is 575 g/mol. The maximum Gasteiger partial charge on any atom is 0.343 e. The largest absolute Gasteiger partial charge is 0.461 e. The van der Waals surface area contributed by atoms with E-state index >= 15 is 0 Å². The number of nitrogens with one attached hydrogen (secondary N) is 2. The summed E-state index contributed by atoms with van der Waals surface area (Å²) in [6.07, 6.45) is 1.38. The van der Waals surface area contributed by atoms with Crippen molar-refractivity contribution >= 4 is 17.8 Å². The number of carbonyl (C=O) groups excluding carboxylic acids is 3. The van der Waals surface area contributed by atoms with Crippen LogP contribution in [0, 0.1) is 0 Å². The summed E-state index contributed by atoms with van der Waals surface area (Å²) < 4.78 is 17.2. The van der Waals surface area contributed by atoms with Crippen molar-refractivity contribution in [3.63, 3.8) is 0 Å². The van der Waals surface area contributed by atoms with Crippen molar-refractivity contribution in [2.75, 3.05) is 6.54 Å². The number of hydrogen-bond donors (Lipinski definition) is 3. The van der Waals surface area contributed by atoms with E-state index in [9.17, 15) is 19.5 Å². The second-order valence-corrected chi connectivity index (χ2v) is 10.2. The summed E-state index contributed by atoms with van der Waals surface area (Å²) in [4.78, 5) is 39.0. The molecular formula is C33H38N2O7. The molecule has 0 saturated carbocycles. The molecule has 3 N–H and O–H groups in total. The molecule has 3 aromatic carbocycles. The van der Waals surface area contributed by atoms with E-state index in [1.54, 1.807) is 72.8 Å². The third-order valence-electron chi connectivity index (χ3n) is 7.15. The topological polar surface area (TPSA) is 123 Å². The van der Waals surface area contributed by atoms with Crippen LogP contribution in [0.3, 0.4) is 0 Å². The molecule has 3 atom stereocenters. The minimum absolute atomic E-state index is 0.0953. The lowest BCUT2D eigenvalue weighted by Crippen LogP contribution is -2.50. The Labute approximate surface area is 246 Å². The van der Waals surface area contributed by atoms with Crippen molar-refractivity contribution in [2.45, 2.75) is 70.4 Å². The van der Waals surface area contributed by atoms with Gasteiger partial charge in [0.15, 0.2) is 11.5 Å². The highest BCUT2D eigenvalue weighted by Crippen LogP contribution is 2.33. The zero-order valence-corrected chi connectivity index (χ0v) is 24.0. The third-order valence-corrected chi connectivity index (χ3v) is 7.15. The second-order valence-electron chi connectivity index (χ2n) is 10.2. The van der Waals surface area contributed by atoms with E-state index in [1.807, 2.05) is 19.9 Å². The first kappa shape index (κ1) is 30.7. The SMILES string of the molecule is CCC(CC)OC(=O)[C@H](Cc1ccc(OC(=O)c2ccccc2)c(OC(O)c2ccccc2)c1)NC(=O)C1CCCN1. The number of ether oxygens (including phenoxy) is 3. The van der Waals surface area contributed by atoms with E-state index in [2.05, 4.69) is 10.6 Å². The summed E-state index contributed by atoms with van der Waals surface area (Å²) in [6, 6.07) is 20.8. The van der Waals surface area contributed by atoms with Crippen LogP contribution in [0.15, 0.2) is 78.9 Å². The van der Waals surface area contributed by atoms with Gasteiger partial charge in [0.2, 0.25) is 12.2 Å². The minimum Gasteiger partial charge on any atom is -0.461 e. The fourth-order valence-corrected chi connectivity index (χ4v) is 4.71. The van der Waals surface area contributed by atoms with Crippen molar-refractivity contribution in [2.24, 2.45) is 0 Å². The van der Waals surface area contributed by atoms with Crippen LogP contribution in [-0.2, 0) is 20.7 Å². The van der Waals surface area contributed by atoms with Gasteiger partial charge in [-0.2, -0.15) is 0 Å². The minimum atomic E-state index is -1.35. The van der Waals surface area contributed by atoms with Gasteiger partial charge < -0.3 is 30.0 Å². The van der Waals surface area contributed by atoms with Gasteiger partial charge in [0, 0.05) is 12.0 Å². The van der Waals surface area contributed by atoms with Gasteiger partial charge in [0.1, 0.15) is 12.1 Å². The molecule has 9 nitrogen and oxygen atoms in total. The molecule has 2 unspecified atom stereocenters. The number of aliphatic hydroxyl groups is 1. The number of carbonyl (C=O) groups is 3. The van der Waals surface area contributed by atoms with Crippen LogP contribution < -0.4 is 20.1 Å². The van der Waals surface area contributed by atoms with E-state index in [4.69, 9.17) is 14.2 Å². The van der Waals surface area contributed by atoms with E-state index in [-0.39, 0.29) is 36.0 Å². The van der Waals surface area contributed by atoms with Crippen LogP contribution in [0.2, 0.25) is 0 Å². The Kier molecular flexibility index (Phi) is 11.1. The molecule has 1 fully saturated rings. The Morgan fingerprint density at radius 1 is 0.952 bits per heavy atom. The molecule has 0 radical (unpaired) electrons. The van der Waals surface area contributed by atoms with Gasteiger partial charge in [-0.05, 0) is 62.1 Å². The number of hydrogen-bond acceptors (Lipinski definition) is 8. The van der Waals surface area contributed by atoms with Crippen molar-refractivity contribution in [3.8, 4) is 11.5 Å². The summed E-state index contributed by atoms with van der Waals surface area (Å²) in [5.74, 6) is -1.18. The predicted octanol–water partition coefficient (Wildman–Crippen LogP) is 4.49. The molecule has 0 spiro atoms. The van der Waals surface area contributed by atoms with Gasteiger partial charge >= 0.3 is 11.9 Å². The van der Waals surface area contributed by atoms with Gasteiger partial charge in [0.05, 0.1) is 11.6 Å². The van der Waals surface area contributed by atoms with Crippen LogP contribution in [0.5, 0.6) is 11.5 Å². The quantitative estimate of drug-likeness (QED) is 0.155. The third kappa shape index (κ3) is 8.41. The molecule has 1 saturated heterocycles. The van der Waals surface area contributed by atoms with E-state index in [0.717, 1.165) is 13.0 Å². The molecule has 1 aliphatic heterocycles. The standard InChI is InChI=1S/C33H38N2O7/c1-3-25(4-2)40-33(39)27(35-30(36)26-16-11-19-34-26)20-22-17-18-28(41-31(37)23-12-7-5-8-13-23)29(21-22)42-32(38)24-14-9-6-10-15-24/h5-10,12-15,17-18,21,25-27,32,34,38H,3-4,11,16,19-20H2,1-2H3,(H,35,36)/t26?,27-,32?/m0/s1. The van der Waals surface area contributed by atoms with Crippen molar-refractivity contribution in [1.29, 1.82) is 0 Å². The summed E-state index contributed by atoms with van der Waals surface area (Å²) in [6.45, 7) is 4.62. The molecular weight excluding hydrogens is 536 g/mol. The molecule has 9 heteroatoms. The van der Waals surface area contributed by atoms with Gasteiger partial charge in [-0.25, -0.2) is 9.59 Å². The van der Waals surface area contributed by atoms with Crippen LogP contribution in [0.25, 0.3) is 0 Å². The van der Waals surface area contributed by atoms with Crippen molar-refractivity contribution in [3.05, 3.63) is 95.6 Å². The molecule has 3 aromatic rings. The lowest BCUT2D eigenvalue weighted by molar-refractivity contribution is -0.153. The van der Waals surface area contributed by atoms with E-state index < -0.39 is 24.3 Å². The first-order valence-corrected chi connectivity index (χ1v) is 14.4. The van der Waals surface area contributed by atoms with Gasteiger partial charge in [-0.3, -0.25) is 4.79 Å². The number of esters is 2. The second kappa shape index (κ2) is 15.1. The van der Waals surface area contributed by atoms with Crippen molar-refractivity contribution in [1.82, 2.24) is 10.6 Å². The smallest absolute Gasteiger partial charge is 0.343 e. The maximum atomic E-state index is 13.2. The molecule has 0 bridgehead atoms. The maximum absolute atomic E-state index is 13.2. The Bertz CT molecular complexity index is 1320. The summed E-state index contributed by atoms with van der Waals surface area (Å²) in [7, 11) is 0. The average Bonchev–Trinajstić information content (AvgIpc) is 3.57. The Morgan fingerprint density at radius 3 is 2.29 bits per heavy atom. The zero-order valence-electron chi connectivity index (χ0n) is 24.0. The molecule has 0 aliphatic carbocycles.